The maximum atomic E-state index is 5.31. The molecule has 1 aromatic heterocycles. The Morgan fingerprint density at radius 1 is 1.41 bits per heavy atom. The molecule has 0 aliphatic carbocycles. The Hall–Kier alpha value is -0.910. The lowest BCUT2D eigenvalue weighted by Crippen LogP contribution is -2.13. The molecule has 1 heterocycles. The van der Waals surface area contributed by atoms with Crippen LogP contribution in [0.25, 0.3) is 0 Å². The average molecular weight is 313 g/mol. The van der Waals surface area contributed by atoms with E-state index in [1.54, 1.807) is 18.4 Å². The molecule has 17 heavy (non-hydrogen) atoms. The second-order valence-electron chi connectivity index (χ2n) is 3.49. The number of thiazole rings is 1. The fraction of sp³-hybridized carbons (Fsp3) is 0.250. The molecule has 0 bridgehead atoms. The fourth-order valence-corrected chi connectivity index (χ4v) is 2.52. The van der Waals surface area contributed by atoms with E-state index in [4.69, 9.17) is 4.74 Å². The average Bonchev–Trinajstić information content (AvgIpc) is 2.82. The van der Waals surface area contributed by atoms with Crippen LogP contribution in [0.1, 0.15) is 10.6 Å². The largest absolute Gasteiger partial charge is 0.496 e. The first-order valence-electron chi connectivity index (χ1n) is 5.21. The zero-order valence-electron chi connectivity index (χ0n) is 9.44. The van der Waals surface area contributed by atoms with Gasteiger partial charge in [0.05, 0.1) is 7.11 Å². The number of ether oxygens (including phenoxy) is 1. The molecule has 0 fully saturated rings. The van der Waals surface area contributed by atoms with Gasteiger partial charge in [0.15, 0.2) is 0 Å². The van der Waals surface area contributed by atoms with E-state index < -0.39 is 0 Å². The monoisotopic (exact) mass is 312 g/mol. The molecule has 0 aliphatic heterocycles. The molecule has 2 rings (SSSR count). The van der Waals surface area contributed by atoms with E-state index in [1.807, 2.05) is 23.7 Å². The molecule has 0 atom stereocenters. The van der Waals surface area contributed by atoms with Gasteiger partial charge < -0.3 is 10.1 Å². The predicted molar refractivity (Wildman–Crippen MR) is 73.4 cm³/mol. The number of hydrogen-bond donors (Lipinski definition) is 1. The van der Waals surface area contributed by atoms with Crippen molar-refractivity contribution >= 4 is 27.3 Å². The summed E-state index contributed by atoms with van der Waals surface area (Å²) in [6.45, 7) is 1.55. The molecule has 2 aromatic rings. The SMILES string of the molecule is COc1ccc(Br)cc1CNCc1nccs1. The Morgan fingerprint density at radius 3 is 3.00 bits per heavy atom. The van der Waals surface area contributed by atoms with Gasteiger partial charge in [-0.1, -0.05) is 15.9 Å². The zero-order valence-corrected chi connectivity index (χ0v) is 11.8. The van der Waals surface area contributed by atoms with Crippen molar-refractivity contribution in [3.63, 3.8) is 0 Å². The summed E-state index contributed by atoms with van der Waals surface area (Å²) >= 11 is 5.12. The van der Waals surface area contributed by atoms with Crippen LogP contribution in [-0.2, 0) is 13.1 Å². The van der Waals surface area contributed by atoms with E-state index >= 15 is 0 Å². The van der Waals surface area contributed by atoms with Gasteiger partial charge in [-0.25, -0.2) is 4.98 Å². The lowest BCUT2D eigenvalue weighted by atomic mass is 10.2. The molecule has 0 spiro atoms. The minimum absolute atomic E-state index is 0.766. The van der Waals surface area contributed by atoms with Gasteiger partial charge in [0, 0.05) is 34.7 Å². The molecule has 0 unspecified atom stereocenters. The lowest BCUT2D eigenvalue weighted by Gasteiger charge is -2.09. The molecule has 0 saturated carbocycles. The zero-order chi connectivity index (χ0) is 12.1. The van der Waals surface area contributed by atoms with Crippen LogP contribution in [-0.4, -0.2) is 12.1 Å². The van der Waals surface area contributed by atoms with Gasteiger partial charge >= 0.3 is 0 Å². The normalized spacial score (nSPS) is 10.5. The highest BCUT2D eigenvalue weighted by molar-refractivity contribution is 9.10. The number of rotatable bonds is 5. The molecular formula is C12H13BrN2OS. The molecule has 90 valence electrons. The van der Waals surface area contributed by atoms with Crippen LogP contribution in [0.2, 0.25) is 0 Å². The third-order valence-corrected chi connectivity index (χ3v) is 3.59. The van der Waals surface area contributed by atoms with Crippen molar-refractivity contribution in [1.29, 1.82) is 0 Å². The summed E-state index contributed by atoms with van der Waals surface area (Å²) in [4.78, 5) is 4.22. The van der Waals surface area contributed by atoms with E-state index in [0.29, 0.717) is 0 Å². The Labute approximate surface area is 113 Å². The van der Waals surface area contributed by atoms with E-state index in [9.17, 15) is 0 Å². The molecule has 0 amide bonds. The van der Waals surface area contributed by atoms with Crippen molar-refractivity contribution in [3.8, 4) is 5.75 Å². The van der Waals surface area contributed by atoms with Gasteiger partial charge in [0.1, 0.15) is 10.8 Å². The minimum Gasteiger partial charge on any atom is -0.496 e. The number of methoxy groups -OCH3 is 1. The second-order valence-corrected chi connectivity index (χ2v) is 5.38. The van der Waals surface area contributed by atoms with E-state index in [0.717, 1.165) is 33.9 Å². The fourth-order valence-electron chi connectivity index (χ4n) is 1.53. The van der Waals surface area contributed by atoms with Crippen LogP contribution < -0.4 is 10.1 Å². The molecule has 1 aromatic carbocycles. The number of halogens is 1. The van der Waals surface area contributed by atoms with Gasteiger partial charge in [0.2, 0.25) is 0 Å². The summed E-state index contributed by atoms with van der Waals surface area (Å²) < 4.78 is 6.37. The molecule has 0 saturated heterocycles. The van der Waals surface area contributed by atoms with Gasteiger partial charge in [0.25, 0.3) is 0 Å². The van der Waals surface area contributed by atoms with Crippen LogP contribution in [0, 0.1) is 0 Å². The van der Waals surface area contributed by atoms with E-state index in [-0.39, 0.29) is 0 Å². The Bertz CT molecular complexity index is 473. The summed E-state index contributed by atoms with van der Waals surface area (Å²) in [5.41, 5.74) is 1.14. The molecular weight excluding hydrogens is 300 g/mol. The number of hydrogen-bond acceptors (Lipinski definition) is 4. The highest BCUT2D eigenvalue weighted by Gasteiger charge is 2.03. The van der Waals surface area contributed by atoms with Crippen molar-refractivity contribution in [3.05, 3.63) is 44.8 Å². The molecule has 3 nitrogen and oxygen atoms in total. The molecule has 5 heteroatoms. The summed E-state index contributed by atoms with van der Waals surface area (Å²) in [5.74, 6) is 0.903. The van der Waals surface area contributed by atoms with Crippen molar-refractivity contribution in [2.75, 3.05) is 7.11 Å². The van der Waals surface area contributed by atoms with Crippen molar-refractivity contribution in [2.45, 2.75) is 13.1 Å². The highest BCUT2D eigenvalue weighted by Crippen LogP contribution is 2.22. The maximum absolute atomic E-state index is 5.31. The number of nitrogens with one attached hydrogen (secondary N) is 1. The molecule has 0 aliphatic rings. The topological polar surface area (TPSA) is 34.1 Å². The molecule has 1 N–H and O–H groups in total. The maximum Gasteiger partial charge on any atom is 0.123 e. The van der Waals surface area contributed by atoms with E-state index in [1.165, 1.54) is 0 Å². The Kier molecular flexibility index (Phi) is 4.53. The molecule has 0 radical (unpaired) electrons. The number of aromatic nitrogens is 1. The lowest BCUT2D eigenvalue weighted by molar-refractivity contribution is 0.407. The second kappa shape index (κ2) is 6.14. The number of benzene rings is 1. The summed E-state index contributed by atoms with van der Waals surface area (Å²) in [7, 11) is 1.69. The Morgan fingerprint density at radius 2 is 2.29 bits per heavy atom. The minimum atomic E-state index is 0.766. The first-order chi connectivity index (χ1) is 8.29. The van der Waals surface area contributed by atoms with E-state index in [2.05, 4.69) is 32.3 Å². The van der Waals surface area contributed by atoms with Crippen LogP contribution in [0.5, 0.6) is 5.75 Å². The van der Waals surface area contributed by atoms with Gasteiger partial charge in [-0.05, 0) is 18.2 Å². The third kappa shape index (κ3) is 3.52. The van der Waals surface area contributed by atoms with Crippen LogP contribution in [0.15, 0.2) is 34.2 Å². The highest BCUT2D eigenvalue weighted by atomic mass is 79.9. The Balaban J connectivity index is 1.96. The third-order valence-electron chi connectivity index (χ3n) is 2.32. The first kappa shape index (κ1) is 12.5. The standard InChI is InChI=1S/C12H13BrN2OS/c1-16-11-3-2-10(13)6-9(11)7-14-8-12-15-4-5-17-12/h2-6,14H,7-8H2,1H3. The van der Waals surface area contributed by atoms with Crippen molar-refractivity contribution in [2.24, 2.45) is 0 Å². The first-order valence-corrected chi connectivity index (χ1v) is 6.88. The summed E-state index contributed by atoms with van der Waals surface area (Å²) in [6, 6.07) is 6.00. The van der Waals surface area contributed by atoms with Crippen LogP contribution >= 0.6 is 27.3 Å². The van der Waals surface area contributed by atoms with Crippen LogP contribution in [0.4, 0.5) is 0 Å². The van der Waals surface area contributed by atoms with Crippen molar-refractivity contribution in [1.82, 2.24) is 10.3 Å². The van der Waals surface area contributed by atoms with Gasteiger partial charge in [-0.2, -0.15) is 0 Å². The van der Waals surface area contributed by atoms with Gasteiger partial charge in [-0.15, -0.1) is 11.3 Å². The van der Waals surface area contributed by atoms with Crippen molar-refractivity contribution < 1.29 is 4.74 Å². The predicted octanol–water partition coefficient (Wildman–Crippen LogP) is 3.20. The summed E-state index contributed by atoms with van der Waals surface area (Å²) in [5, 5.41) is 6.43. The van der Waals surface area contributed by atoms with Crippen LogP contribution in [0.3, 0.4) is 0 Å². The smallest absolute Gasteiger partial charge is 0.123 e. The summed E-state index contributed by atoms with van der Waals surface area (Å²) in [6.07, 6.45) is 1.82. The quantitative estimate of drug-likeness (QED) is 0.920. The van der Waals surface area contributed by atoms with Gasteiger partial charge in [-0.3, -0.25) is 0 Å². The number of nitrogens with zero attached hydrogens (tertiary/aromatic N) is 1.